The number of fused-ring (bicyclic) bond motifs is 1. The third kappa shape index (κ3) is 2.51. The zero-order valence-electron chi connectivity index (χ0n) is 10.3. The summed E-state index contributed by atoms with van der Waals surface area (Å²) in [5.41, 5.74) is 2.96. The standard InChI is InChI=1S/C13H15F3N2/c1-9-10-5-3-4-6-11(10)18(2)12(9)7-17-8-13(14,15)16/h3-6,17H,7-8H2,1-2H3. The van der Waals surface area contributed by atoms with Gasteiger partial charge in [0.1, 0.15) is 0 Å². The van der Waals surface area contributed by atoms with E-state index in [0.717, 1.165) is 22.2 Å². The minimum Gasteiger partial charge on any atom is -0.346 e. The number of hydrogen-bond acceptors (Lipinski definition) is 1. The molecule has 2 rings (SSSR count). The van der Waals surface area contributed by atoms with Gasteiger partial charge >= 0.3 is 6.18 Å². The van der Waals surface area contributed by atoms with Crippen molar-refractivity contribution in [1.82, 2.24) is 9.88 Å². The zero-order chi connectivity index (χ0) is 13.3. The average Bonchev–Trinajstić information content (AvgIpc) is 2.53. The molecule has 0 aliphatic rings. The molecule has 0 bridgehead atoms. The van der Waals surface area contributed by atoms with Crippen molar-refractivity contribution in [1.29, 1.82) is 0 Å². The molecular formula is C13H15F3N2. The summed E-state index contributed by atoms with van der Waals surface area (Å²) in [5, 5.41) is 3.53. The van der Waals surface area contributed by atoms with Gasteiger partial charge in [-0.05, 0) is 18.6 Å². The predicted molar refractivity (Wildman–Crippen MR) is 65.4 cm³/mol. The highest BCUT2D eigenvalue weighted by Gasteiger charge is 2.26. The van der Waals surface area contributed by atoms with E-state index in [4.69, 9.17) is 0 Å². The Balaban J connectivity index is 2.23. The summed E-state index contributed by atoms with van der Waals surface area (Å²) in [7, 11) is 1.87. The Morgan fingerprint density at radius 1 is 1.22 bits per heavy atom. The summed E-state index contributed by atoms with van der Waals surface area (Å²) in [6.07, 6.45) is -4.17. The van der Waals surface area contributed by atoms with E-state index in [1.807, 2.05) is 42.8 Å². The van der Waals surface area contributed by atoms with Crippen LogP contribution in [-0.2, 0) is 13.6 Å². The Labute approximate surface area is 103 Å². The molecule has 0 saturated carbocycles. The molecule has 0 aliphatic heterocycles. The number of para-hydroxylation sites is 1. The first-order valence-electron chi connectivity index (χ1n) is 5.70. The molecular weight excluding hydrogens is 241 g/mol. The third-order valence-corrected chi connectivity index (χ3v) is 3.13. The van der Waals surface area contributed by atoms with Gasteiger partial charge in [0.25, 0.3) is 0 Å². The van der Waals surface area contributed by atoms with E-state index < -0.39 is 12.7 Å². The van der Waals surface area contributed by atoms with Crippen LogP contribution in [-0.4, -0.2) is 17.3 Å². The maximum Gasteiger partial charge on any atom is 0.401 e. The molecule has 18 heavy (non-hydrogen) atoms. The first-order chi connectivity index (χ1) is 8.40. The van der Waals surface area contributed by atoms with Crippen LogP contribution in [0, 0.1) is 6.92 Å². The molecule has 0 radical (unpaired) electrons. The van der Waals surface area contributed by atoms with Gasteiger partial charge in [-0.15, -0.1) is 0 Å². The van der Waals surface area contributed by atoms with Crippen molar-refractivity contribution < 1.29 is 13.2 Å². The van der Waals surface area contributed by atoms with Crippen molar-refractivity contribution >= 4 is 10.9 Å². The lowest BCUT2D eigenvalue weighted by Gasteiger charge is -2.10. The predicted octanol–water partition coefficient (Wildman–Crippen LogP) is 3.14. The minimum atomic E-state index is -4.17. The third-order valence-electron chi connectivity index (χ3n) is 3.13. The molecule has 2 nitrogen and oxygen atoms in total. The number of nitrogens with one attached hydrogen (secondary N) is 1. The summed E-state index contributed by atoms with van der Waals surface area (Å²) < 4.78 is 38.2. The first-order valence-corrected chi connectivity index (χ1v) is 5.70. The number of rotatable bonds is 3. The van der Waals surface area contributed by atoms with Crippen LogP contribution in [0.1, 0.15) is 11.3 Å². The van der Waals surface area contributed by atoms with E-state index in [9.17, 15) is 13.2 Å². The van der Waals surface area contributed by atoms with Gasteiger partial charge in [0.15, 0.2) is 0 Å². The Kier molecular flexibility index (Phi) is 3.34. The molecule has 5 heteroatoms. The van der Waals surface area contributed by atoms with Crippen molar-refractivity contribution in [3.05, 3.63) is 35.5 Å². The lowest BCUT2D eigenvalue weighted by Crippen LogP contribution is -2.29. The van der Waals surface area contributed by atoms with Crippen LogP contribution >= 0.6 is 0 Å². The molecule has 1 heterocycles. The molecule has 0 fully saturated rings. The fourth-order valence-electron chi connectivity index (χ4n) is 2.21. The fourth-order valence-corrected chi connectivity index (χ4v) is 2.21. The molecule has 98 valence electrons. The van der Waals surface area contributed by atoms with Crippen molar-refractivity contribution in [3.8, 4) is 0 Å². The van der Waals surface area contributed by atoms with Crippen LogP contribution in [0.3, 0.4) is 0 Å². The zero-order valence-corrected chi connectivity index (χ0v) is 10.3. The van der Waals surface area contributed by atoms with E-state index in [1.165, 1.54) is 0 Å². The molecule has 0 saturated heterocycles. The molecule has 0 spiro atoms. The van der Waals surface area contributed by atoms with Crippen LogP contribution in [0.25, 0.3) is 10.9 Å². The largest absolute Gasteiger partial charge is 0.401 e. The smallest absolute Gasteiger partial charge is 0.346 e. The second kappa shape index (κ2) is 4.65. The second-order valence-electron chi connectivity index (χ2n) is 4.37. The Morgan fingerprint density at radius 2 is 1.89 bits per heavy atom. The highest BCUT2D eigenvalue weighted by molar-refractivity contribution is 5.85. The minimum absolute atomic E-state index is 0.219. The monoisotopic (exact) mass is 256 g/mol. The molecule has 1 aromatic heterocycles. The molecule has 0 atom stereocenters. The lowest BCUT2D eigenvalue weighted by atomic mass is 10.1. The van der Waals surface area contributed by atoms with Crippen LogP contribution in [0.5, 0.6) is 0 Å². The molecule has 0 unspecified atom stereocenters. The molecule has 2 aromatic rings. The van der Waals surface area contributed by atoms with Gasteiger partial charge in [-0.2, -0.15) is 13.2 Å². The molecule has 1 aromatic carbocycles. The van der Waals surface area contributed by atoms with Crippen molar-refractivity contribution in [2.45, 2.75) is 19.6 Å². The van der Waals surface area contributed by atoms with E-state index >= 15 is 0 Å². The van der Waals surface area contributed by atoms with Gasteiger partial charge in [0, 0.05) is 30.2 Å². The van der Waals surface area contributed by atoms with Gasteiger partial charge in [0.2, 0.25) is 0 Å². The quantitative estimate of drug-likeness (QED) is 0.892. The van der Waals surface area contributed by atoms with Crippen molar-refractivity contribution in [3.63, 3.8) is 0 Å². The van der Waals surface area contributed by atoms with Gasteiger partial charge in [-0.1, -0.05) is 18.2 Å². The SMILES string of the molecule is Cc1c(CNCC(F)(F)F)n(C)c2ccccc12. The summed E-state index contributed by atoms with van der Waals surface area (Å²) in [4.78, 5) is 0. The van der Waals surface area contributed by atoms with Crippen molar-refractivity contribution in [2.24, 2.45) is 7.05 Å². The number of aryl methyl sites for hydroxylation is 2. The molecule has 0 aliphatic carbocycles. The average molecular weight is 256 g/mol. The fraction of sp³-hybridized carbons (Fsp3) is 0.385. The van der Waals surface area contributed by atoms with Crippen LogP contribution in [0.4, 0.5) is 13.2 Å². The van der Waals surface area contributed by atoms with Crippen LogP contribution in [0.15, 0.2) is 24.3 Å². The lowest BCUT2D eigenvalue weighted by molar-refractivity contribution is -0.125. The normalized spacial score (nSPS) is 12.3. The van der Waals surface area contributed by atoms with E-state index in [1.54, 1.807) is 0 Å². The van der Waals surface area contributed by atoms with Gasteiger partial charge in [-0.25, -0.2) is 0 Å². The number of halogens is 3. The molecule has 0 amide bonds. The molecule has 1 N–H and O–H groups in total. The van der Waals surface area contributed by atoms with Crippen LogP contribution in [0.2, 0.25) is 0 Å². The van der Waals surface area contributed by atoms with Gasteiger partial charge in [0.05, 0.1) is 6.54 Å². The number of nitrogens with zero attached hydrogens (tertiary/aromatic N) is 1. The Morgan fingerprint density at radius 3 is 2.50 bits per heavy atom. The first kappa shape index (κ1) is 13.0. The summed E-state index contributed by atoms with van der Waals surface area (Å²) in [6, 6.07) is 7.81. The van der Waals surface area contributed by atoms with E-state index in [2.05, 4.69) is 5.32 Å². The summed E-state index contributed by atoms with van der Waals surface area (Å²) in [5.74, 6) is 0. The van der Waals surface area contributed by atoms with Gasteiger partial charge < -0.3 is 9.88 Å². The summed E-state index contributed by atoms with van der Waals surface area (Å²) in [6.45, 7) is 1.19. The maximum absolute atomic E-state index is 12.1. The van der Waals surface area contributed by atoms with E-state index in [0.29, 0.717) is 0 Å². The maximum atomic E-state index is 12.1. The highest BCUT2D eigenvalue weighted by atomic mass is 19.4. The van der Waals surface area contributed by atoms with Crippen LogP contribution < -0.4 is 5.32 Å². The topological polar surface area (TPSA) is 17.0 Å². The number of benzene rings is 1. The van der Waals surface area contributed by atoms with Gasteiger partial charge in [-0.3, -0.25) is 0 Å². The highest BCUT2D eigenvalue weighted by Crippen LogP contribution is 2.24. The second-order valence-corrected chi connectivity index (χ2v) is 4.37. The van der Waals surface area contributed by atoms with Crippen molar-refractivity contribution in [2.75, 3.05) is 6.54 Å². The van der Waals surface area contributed by atoms with E-state index in [-0.39, 0.29) is 6.54 Å². The summed E-state index contributed by atoms with van der Waals surface area (Å²) >= 11 is 0. The number of alkyl halides is 3. The Hall–Kier alpha value is -1.49. The number of hydrogen-bond donors (Lipinski definition) is 1. The number of aromatic nitrogens is 1. The Bertz CT molecular complexity index is 516.